The van der Waals surface area contributed by atoms with Gasteiger partial charge in [-0.2, -0.15) is 0 Å². The van der Waals surface area contributed by atoms with Crippen LogP contribution in [-0.2, 0) is 4.79 Å². The van der Waals surface area contributed by atoms with E-state index >= 15 is 0 Å². The third-order valence-electron chi connectivity index (χ3n) is 2.55. The van der Waals surface area contributed by atoms with Gasteiger partial charge in [0.1, 0.15) is 0 Å². The molecule has 1 saturated heterocycles. The van der Waals surface area contributed by atoms with E-state index in [9.17, 15) is 4.79 Å². The number of aliphatic imine (C=N–C) groups is 1. The van der Waals surface area contributed by atoms with Gasteiger partial charge in [-0.3, -0.25) is 4.79 Å². The van der Waals surface area contributed by atoms with Crippen LogP contribution in [0.3, 0.4) is 0 Å². The number of fused-ring (bicyclic) bond motifs is 1. The molecule has 0 saturated carbocycles. The van der Waals surface area contributed by atoms with Crippen LogP contribution in [0.25, 0.3) is 10.8 Å². The zero-order valence-electron chi connectivity index (χ0n) is 9.01. The topological polar surface area (TPSA) is 41.5 Å². The van der Waals surface area contributed by atoms with Crippen molar-refractivity contribution in [3.05, 3.63) is 42.5 Å². The second kappa shape index (κ2) is 4.22. The molecule has 0 spiro atoms. The summed E-state index contributed by atoms with van der Waals surface area (Å²) in [5.41, 5.74) is 0.869. The van der Waals surface area contributed by atoms with E-state index in [0.717, 1.165) is 11.1 Å². The van der Waals surface area contributed by atoms with E-state index < -0.39 is 0 Å². The van der Waals surface area contributed by atoms with E-state index in [1.807, 2.05) is 30.3 Å². The quantitative estimate of drug-likeness (QED) is 0.835. The van der Waals surface area contributed by atoms with Gasteiger partial charge in [-0.15, -0.1) is 0 Å². The average Bonchev–Trinajstić information content (AvgIpc) is 2.75. The van der Waals surface area contributed by atoms with Crippen LogP contribution in [0.2, 0.25) is 0 Å². The standard InChI is InChI=1S/C13H10N2OS/c16-12-8-17-13(15-12)14-11-6-5-9-3-1-2-4-10(9)7-11/h1-7H,8H2,(H,14,15,16). The van der Waals surface area contributed by atoms with E-state index in [0.29, 0.717) is 10.9 Å². The summed E-state index contributed by atoms with van der Waals surface area (Å²) >= 11 is 1.44. The van der Waals surface area contributed by atoms with Crippen LogP contribution in [0.15, 0.2) is 47.5 Å². The Morgan fingerprint density at radius 1 is 1.12 bits per heavy atom. The van der Waals surface area contributed by atoms with E-state index in [1.54, 1.807) is 0 Å². The summed E-state index contributed by atoms with van der Waals surface area (Å²) in [7, 11) is 0. The van der Waals surface area contributed by atoms with Crippen LogP contribution >= 0.6 is 11.8 Å². The summed E-state index contributed by atoms with van der Waals surface area (Å²) in [6, 6.07) is 14.2. The van der Waals surface area contributed by atoms with Gasteiger partial charge in [-0.1, -0.05) is 42.1 Å². The maximum Gasteiger partial charge on any atom is 0.236 e. The number of nitrogens with zero attached hydrogens (tertiary/aromatic N) is 1. The van der Waals surface area contributed by atoms with Crippen molar-refractivity contribution in [2.45, 2.75) is 0 Å². The number of hydrogen-bond acceptors (Lipinski definition) is 3. The van der Waals surface area contributed by atoms with Gasteiger partial charge in [0.15, 0.2) is 5.17 Å². The Labute approximate surface area is 103 Å². The highest BCUT2D eigenvalue weighted by molar-refractivity contribution is 8.15. The molecule has 1 aliphatic heterocycles. The van der Waals surface area contributed by atoms with E-state index in [4.69, 9.17) is 0 Å². The third-order valence-corrected chi connectivity index (χ3v) is 3.42. The Morgan fingerprint density at radius 2 is 1.94 bits per heavy atom. The van der Waals surface area contributed by atoms with Gasteiger partial charge in [0.05, 0.1) is 11.4 Å². The predicted molar refractivity (Wildman–Crippen MR) is 71.6 cm³/mol. The van der Waals surface area contributed by atoms with E-state index in [-0.39, 0.29) is 5.91 Å². The Morgan fingerprint density at radius 3 is 2.71 bits per heavy atom. The second-order valence-electron chi connectivity index (χ2n) is 3.79. The molecule has 0 bridgehead atoms. The molecule has 17 heavy (non-hydrogen) atoms. The lowest BCUT2D eigenvalue weighted by atomic mass is 10.1. The van der Waals surface area contributed by atoms with Gasteiger partial charge in [-0.25, -0.2) is 4.99 Å². The number of hydrogen-bond donors (Lipinski definition) is 1. The van der Waals surface area contributed by atoms with Gasteiger partial charge < -0.3 is 5.32 Å². The van der Waals surface area contributed by atoms with Crippen molar-refractivity contribution in [3.8, 4) is 0 Å². The van der Waals surface area contributed by atoms with Crippen LogP contribution in [0, 0.1) is 0 Å². The highest BCUT2D eigenvalue weighted by atomic mass is 32.2. The Balaban J connectivity index is 1.98. The fourth-order valence-electron chi connectivity index (χ4n) is 1.75. The molecule has 3 rings (SSSR count). The first-order chi connectivity index (χ1) is 8.31. The lowest BCUT2D eigenvalue weighted by molar-refractivity contribution is -0.116. The van der Waals surface area contributed by atoms with E-state index in [1.165, 1.54) is 17.1 Å². The van der Waals surface area contributed by atoms with Gasteiger partial charge in [0.2, 0.25) is 5.91 Å². The summed E-state index contributed by atoms with van der Waals surface area (Å²) in [5.74, 6) is 0.487. The number of rotatable bonds is 1. The SMILES string of the molecule is O=C1CSC(=Nc2ccc3ccccc3c2)N1. The van der Waals surface area contributed by atoms with Crippen LogP contribution in [-0.4, -0.2) is 16.8 Å². The molecule has 0 radical (unpaired) electrons. The maximum atomic E-state index is 11.0. The van der Waals surface area contributed by atoms with Crippen LogP contribution < -0.4 is 5.32 Å². The van der Waals surface area contributed by atoms with Gasteiger partial charge in [0, 0.05) is 0 Å². The largest absolute Gasteiger partial charge is 0.304 e. The first-order valence-electron chi connectivity index (χ1n) is 5.31. The normalized spacial score (nSPS) is 17.6. The Bertz CT molecular complexity index is 622. The van der Waals surface area contributed by atoms with Crippen molar-refractivity contribution in [1.82, 2.24) is 5.32 Å². The number of carbonyl (C=O) groups is 1. The molecule has 84 valence electrons. The summed E-state index contributed by atoms with van der Waals surface area (Å²) in [6.45, 7) is 0. The average molecular weight is 242 g/mol. The zero-order chi connectivity index (χ0) is 11.7. The van der Waals surface area contributed by atoms with Crippen LogP contribution in [0.5, 0.6) is 0 Å². The predicted octanol–water partition coefficient (Wildman–Crippen LogP) is 2.69. The molecule has 4 heteroatoms. The monoisotopic (exact) mass is 242 g/mol. The van der Waals surface area contributed by atoms with Gasteiger partial charge in [-0.05, 0) is 22.9 Å². The minimum atomic E-state index is 0.0227. The highest BCUT2D eigenvalue weighted by Crippen LogP contribution is 2.22. The van der Waals surface area contributed by atoms with E-state index in [2.05, 4.69) is 22.4 Å². The van der Waals surface area contributed by atoms with Crippen molar-refractivity contribution in [3.63, 3.8) is 0 Å². The lowest BCUT2D eigenvalue weighted by Gasteiger charge is -2.00. The maximum absolute atomic E-state index is 11.0. The summed E-state index contributed by atoms with van der Waals surface area (Å²) in [5, 5.41) is 5.76. The number of amides is 1. The summed E-state index contributed by atoms with van der Waals surface area (Å²) < 4.78 is 0. The molecule has 1 N–H and O–H groups in total. The fourth-order valence-corrected chi connectivity index (χ4v) is 2.45. The zero-order valence-corrected chi connectivity index (χ0v) is 9.83. The smallest absolute Gasteiger partial charge is 0.236 e. The molecule has 0 atom stereocenters. The summed E-state index contributed by atoms with van der Waals surface area (Å²) in [4.78, 5) is 15.4. The van der Waals surface area contributed by atoms with Crippen LogP contribution in [0.4, 0.5) is 5.69 Å². The molecule has 2 aromatic carbocycles. The number of benzene rings is 2. The molecule has 2 aromatic rings. The number of nitrogens with one attached hydrogen (secondary N) is 1. The molecule has 1 aliphatic rings. The van der Waals surface area contributed by atoms with Crippen molar-refractivity contribution >= 4 is 39.3 Å². The van der Waals surface area contributed by atoms with Crippen LogP contribution in [0.1, 0.15) is 0 Å². The van der Waals surface area contributed by atoms with Crippen molar-refractivity contribution in [1.29, 1.82) is 0 Å². The summed E-state index contributed by atoms with van der Waals surface area (Å²) in [6.07, 6.45) is 0. The number of thioether (sulfide) groups is 1. The molecule has 1 amide bonds. The van der Waals surface area contributed by atoms with Gasteiger partial charge in [0.25, 0.3) is 0 Å². The van der Waals surface area contributed by atoms with Crippen molar-refractivity contribution < 1.29 is 4.79 Å². The molecular weight excluding hydrogens is 232 g/mol. The minimum Gasteiger partial charge on any atom is -0.304 e. The van der Waals surface area contributed by atoms with Crippen molar-refractivity contribution in [2.75, 3.05) is 5.75 Å². The molecule has 0 aliphatic carbocycles. The number of amidine groups is 1. The molecule has 1 heterocycles. The third kappa shape index (κ3) is 2.17. The Hall–Kier alpha value is -1.81. The minimum absolute atomic E-state index is 0.0227. The molecule has 3 nitrogen and oxygen atoms in total. The molecule has 1 fully saturated rings. The van der Waals surface area contributed by atoms with Gasteiger partial charge >= 0.3 is 0 Å². The Kier molecular flexibility index (Phi) is 2.57. The molecule has 0 aromatic heterocycles. The molecular formula is C13H10N2OS. The highest BCUT2D eigenvalue weighted by Gasteiger charge is 2.16. The first kappa shape index (κ1) is 10.4. The second-order valence-corrected chi connectivity index (χ2v) is 4.75. The fraction of sp³-hybridized carbons (Fsp3) is 0.0769. The number of carbonyl (C=O) groups excluding carboxylic acids is 1. The molecule has 0 unspecified atom stereocenters. The first-order valence-corrected chi connectivity index (χ1v) is 6.30. The van der Waals surface area contributed by atoms with Crippen molar-refractivity contribution in [2.24, 2.45) is 4.99 Å². The lowest BCUT2D eigenvalue weighted by Crippen LogP contribution is -2.19.